The van der Waals surface area contributed by atoms with Crippen LogP contribution in [0.2, 0.25) is 0 Å². The van der Waals surface area contributed by atoms with Gasteiger partial charge in [-0.2, -0.15) is 5.48 Å². The molecule has 0 saturated carbocycles. The van der Waals surface area contributed by atoms with Gasteiger partial charge in [0.25, 0.3) is 0 Å². The van der Waals surface area contributed by atoms with Gasteiger partial charge in [-0.1, -0.05) is 0 Å². The first-order valence-electron chi connectivity index (χ1n) is 2.20. The van der Waals surface area contributed by atoms with E-state index in [1.54, 1.807) is 0 Å². The van der Waals surface area contributed by atoms with Crippen molar-refractivity contribution in [1.29, 1.82) is 0 Å². The molecule has 0 aromatic rings. The van der Waals surface area contributed by atoms with Crippen LogP contribution in [0, 0.1) is 0 Å². The Labute approximate surface area is 43.2 Å². The lowest BCUT2D eigenvalue weighted by Crippen LogP contribution is -2.27. The molecule has 0 radical (unpaired) electrons. The van der Waals surface area contributed by atoms with Gasteiger partial charge >= 0.3 is 0 Å². The molecular formula is C4H11NO2. The maximum absolute atomic E-state index is 8.32. The van der Waals surface area contributed by atoms with Crippen LogP contribution in [0.4, 0.5) is 0 Å². The van der Waals surface area contributed by atoms with Crippen molar-refractivity contribution in [3.05, 3.63) is 0 Å². The van der Waals surface area contributed by atoms with Crippen molar-refractivity contribution in [2.45, 2.75) is 13.0 Å². The van der Waals surface area contributed by atoms with Gasteiger partial charge in [0.2, 0.25) is 0 Å². The molecular weight excluding hydrogens is 94.0 g/mol. The van der Waals surface area contributed by atoms with Crippen LogP contribution in [0.3, 0.4) is 0 Å². The third-order valence-corrected chi connectivity index (χ3v) is 0.593. The Bertz CT molecular complexity index is 40.7. The second-order valence-electron chi connectivity index (χ2n) is 1.41. The molecule has 0 spiro atoms. The zero-order valence-electron chi connectivity index (χ0n) is 4.64. The molecule has 3 heteroatoms. The number of hydroxylamine groups is 1. The second kappa shape index (κ2) is 4.05. The fraction of sp³-hybridized carbons (Fsp3) is 1.00. The summed E-state index contributed by atoms with van der Waals surface area (Å²) in [4.78, 5) is 4.48. The van der Waals surface area contributed by atoms with Crippen LogP contribution < -0.4 is 5.48 Å². The topological polar surface area (TPSA) is 41.5 Å². The van der Waals surface area contributed by atoms with Crippen molar-refractivity contribution in [1.82, 2.24) is 5.48 Å². The second-order valence-corrected chi connectivity index (χ2v) is 1.41. The van der Waals surface area contributed by atoms with Gasteiger partial charge in [0.05, 0.1) is 19.8 Å². The van der Waals surface area contributed by atoms with E-state index in [0.29, 0.717) is 0 Å². The number of hydrogen-bond acceptors (Lipinski definition) is 3. The molecule has 2 N–H and O–H groups in total. The summed E-state index contributed by atoms with van der Waals surface area (Å²) in [6.07, 6.45) is 0. The zero-order chi connectivity index (χ0) is 5.70. The third-order valence-electron chi connectivity index (χ3n) is 0.593. The molecule has 0 aliphatic heterocycles. The monoisotopic (exact) mass is 105 g/mol. The highest BCUT2D eigenvalue weighted by molar-refractivity contribution is 4.46. The molecule has 0 amide bonds. The van der Waals surface area contributed by atoms with Gasteiger partial charge in [0.15, 0.2) is 0 Å². The lowest BCUT2D eigenvalue weighted by Gasteiger charge is -2.05. The molecule has 1 atom stereocenters. The molecule has 0 rings (SSSR count). The van der Waals surface area contributed by atoms with Gasteiger partial charge in [-0.05, 0) is 6.92 Å². The van der Waals surface area contributed by atoms with Crippen molar-refractivity contribution in [3.8, 4) is 0 Å². The molecule has 3 nitrogen and oxygen atoms in total. The number of aliphatic hydroxyl groups excluding tert-OH is 1. The number of aliphatic hydroxyl groups is 1. The summed E-state index contributed by atoms with van der Waals surface area (Å²) in [5.74, 6) is 0. The average molecular weight is 105 g/mol. The fourth-order valence-corrected chi connectivity index (χ4v) is 0.238. The summed E-state index contributed by atoms with van der Waals surface area (Å²) in [6, 6.07) is 0.0324. The minimum absolute atomic E-state index is 0.0324. The first kappa shape index (κ1) is 6.88. The highest BCUT2D eigenvalue weighted by Gasteiger charge is 1.92. The maximum Gasteiger partial charge on any atom is 0.0604 e. The van der Waals surface area contributed by atoms with Crippen LogP contribution in [-0.4, -0.2) is 24.9 Å². The van der Waals surface area contributed by atoms with Gasteiger partial charge in [0.1, 0.15) is 0 Å². The highest BCUT2D eigenvalue weighted by atomic mass is 16.6. The molecule has 0 aromatic carbocycles. The molecule has 7 heavy (non-hydrogen) atoms. The predicted octanol–water partition coefficient (Wildman–Crippen LogP) is -0.482. The van der Waals surface area contributed by atoms with Crippen molar-refractivity contribution in [2.75, 3.05) is 13.7 Å². The van der Waals surface area contributed by atoms with Crippen LogP contribution in [-0.2, 0) is 4.84 Å². The highest BCUT2D eigenvalue weighted by Crippen LogP contribution is 1.73. The third kappa shape index (κ3) is 3.72. The van der Waals surface area contributed by atoms with Crippen molar-refractivity contribution in [3.63, 3.8) is 0 Å². The fourth-order valence-electron chi connectivity index (χ4n) is 0.238. The molecule has 0 aromatic heterocycles. The molecule has 44 valence electrons. The smallest absolute Gasteiger partial charge is 0.0604 e. The summed E-state index contributed by atoms with van der Waals surface area (Å²) in [5.41, 5.74) is 2.55. The lowest BCUT2D eigenvalue weighted by atomic mass is 10.4. The molecule has 0 heterocycles. The first-order valence-corrected chi connectivity index (χ1v) is 2.20. The van der Waals surface area contributed by atoms with Crippen molar-refractivity contribution in [2.24, 2.45) is 0 Å². The van der Waals surface area contributed by atoms with Crippen LogP contribution in [0.5, 0.6) is 0 Å². The summed E-state index contributed by atoms with van der Waals surface area (Å²) in [7, 11) is 1.52. The largest absolute Gasteiger partial charge is 0.395 e. The number of hydrogen-bond donors (Lipinski definition) is 2. The Morgan fingerprint density at radius 1 is 1.86 bits per heavy atom. The zero-order valence-corrected chi connectivity index (χ0v) is 4.64. The summed E-state index contributed by atoms with van der Waals surface area (Å²) < 4.78 is 0. The van der Waals surface area contributed by atoms with Crippen LogP contribution in [0.1, 0.15) is 6.92 Å². The van der Waals surface area contributed by atoms with Gasteiger partial charge < -0.3 is 9.94 Å². The Morgan fingerprint density at radius 2 is 2.43 bits per heavy atom. The van der Waals surface area contributed by atoms with E-state index < -0.39 is 0 Å². The number of nitrogens with one attached hydrogen (secondary N) is 1. The van der Waals surface area contributed by atoms with Crippen molar-refractivity contribution >= 4 is 0 Å². The van der Waals surface area contributed by atoms with E-state index in [1.807, 2.05) is 6.92 Å². The van der Waals surface area contributed by atoms with Crippen LogP contribution in [0.25, 0.3) is 0 Å². The van der Waals surface area contributed by atoms with E-state index in [0.717, 1.165) is 0 Å². The Morgan fingerprint density at radius 3 is 2.57 bits per heavy atom. The Kier molecular flexibility index (Phi) is 3.98. The van der Waals surface area contributed by atoms with E-state index in [2.05, 4.69) is 10.3 Å². The van der Waals surface area contributed by atoms with E-state index in [-0.39, 0.29) is 12.6 Å². The van der Waals surface area contributed by atoms with Gasteiger partial charge in [-0.3, -0.25) is 0 Å². The molecule has 0 bridgehead atoms. The summed E-state index contributed by atoms with van der Waals surface area (Å²) >= 11 is 0. The molecule has 0 aliphatic rings. The predicted molar refractivity (Wildman–Crippen MR) is 26.7 cm³/mol. The SMILES string of the molecule is CON[C@@H](C)CO. The van der Waals surface area contributed by atoms with E-state index in [4.69, 9.17) is 5.11 Å². The Balaban J connectivity index is 2.83. The van der Waals surface area contributed by atoms with Crippen LogP contribution >= 0.6 is 0 Å². The lowest BCUT2D eigenvalue weighted by molar-refractivity contribution is 0.0463. The summed E-state index contributed by atoms with van der Waals surface area (Å²) in [5, 5.41) is 8.32. The Hall–Kier alpha value is -0.120. The summed E-state index contributed by atoms with van der Waals surface area (Å²) in [6.45, 7) is 1.93. The first-order chi connectivity index (χ1) is 3.31. The van der Waals surface area contributed by atoms with Gasteiger partial charge in [-0.15, -0.1) is 0 Å². The standard InChI is InChI=1S/C4H11NO2/c1-4(3-6)5-7-2/h4-6H,3H2,1-2H3/t4-/m0/s1. The number of rotatable bonds is 3. The van der Waals surface area contributed by atoms with E-state index >= 15 is 0 Å². The molecule has 0 unspecified atom stereocenters. The molecule has 0 fully saturated rings. The maximum atomic E-state index is 8.32. The van der Waals surface area contributed by atoms with Crippen LogP contribution in [0.15, 0.2) is 0 Å². The van der Waals surface area contributed by atoms with E-state index in [9.17, 15) is 0 Å². The normalized spacial score (nSPS) is 14.1. The molecule has 0 saturated heterocycles. The van der Waals surface area contributed by atoms with Crippen molar-refractivity contribution < 1.29 is 9.94 Å². The molecule has 0 aliphatic carbocycles. The minimum Gasteiger partial charge on any atom is -0.395 e. The van der Waals surface area contributed by atoms with Gasteiger partial charge in [-0.25, -0.2) is 0 Å². The van der Waals surface area contributed by atoms with Gasteiger partial charge in [0, 0.05) is 0 Å². The minimum atomic E-state index is 0.0324. The van der Waals surface area contributed by atoms with E-state index in [1.165, 1.54) is 7.11 Å². The average Bonchev–Trinajstić information content (AvgIpc) is 1.68. The quantitative estimate of drug-likeness (QED) is 0.476.